The maximum absolute atomic E-state index is 6.40. The minimum Gasteiger partial charge on any atom is -0.400 e. The van der Waals surface area contributed by atoms with Gasteiger partial charge in [0.1, 0.15) is 0 Å². The molecule has 0 bridgehead atoms. The Morgan fingerprint density at radius 2 is 1.44 bits per heavy atom. The molecule has 1 aromatic carbocycles. The van der Waals surface area contributed by atoms with Gasteiger partial charge in [-0.15, -0.1) is 6.58 Å². The monoisotopic (exact) mass is 460 g/mol. The summed E-state index contributed by atoms with van der Waals surface area (Å²) >= 11 is 0. The minimum absolute atomic E-state index is 0.0926. The minimum atomic E-state index is -1.94. The maximum Gasteiger partial charge on any atom is 0.490 e. The van der Waals surface area contributed by atoms with Crippen LogP contribution in [0.3, 0.4) is 0 Å². The zero-order valence-corrected chi connectivity index (χ0v) is 22.7. The fourth-order valence-electron chi connectivity index (χ4n) is 4.27. The van der Waals surface area contributed by atoms with E-state index in [0.717, 1.165) is 31.5 Å². The summed E-state index contributed by atoms with van der Waals surface area (Å²) in [6.07, 6.45) is 2.00. The molecule has 2 rings (SSSR count). The summed E-state index contributed by atoms with van der Waals surface area (Å²) in [5, 5.41) is 1.42. The van der Waals surface area contributed by atoms with Gasteiger partial charge in [0.2, 0.25) is 0 Å². The zero-order chi connectivity index (χ0) is 24.0. The van der Waals surface area contributed by atoms with E-state index in [0.29, 0.717) is 18.8 Å². The summed E-state index contributed by atoms with van der Waals surface area (Å²) in [6.45, 7) is 24.9. The average Bonchev–Trinajstić information content (AvgIpc) is 2.96. The highest BCUT2D eigenvalue weighted by atomic mass is 28.3. The number of benzene rings is 1. The van der Waals surface area contributed by atoms with Gasteiger partial charge in [-0.2, -0.15) is 0 Å². The largest absolute Gasteiger partial charge is 0.490 e. The summed E-state index contributed by atoms with van der Waals surface area (Å²) in [6, 6.07) is 10.9. The predicted molar refractivity (Wildman–Crippen MR) is 138 cm³/mol. The summed E-state index contributed by atoms with van der Waals surface area (Å²) in [5.74, 6) is 0.0926. The van der Waals surface area contributed by atoms with Crippen molar-refractivity contribution in [3.8, 4) is 0 Å². The number of hydrogen-bond acceptors (Lipinski definition) is 4. The Bertz CT molecular complexity index is 704. The van der Waals surface area contributed by atoms with Gasteiger partial charge < -0.3 is 18.8 Å². The SMILES string of the molecule is C=C(B1OC(C)(C)C(C)(C)O1)[C@H](COCCC)[C@H](COCCC)[Si](C)(C)c1ccccc1. The standard InChI is InChI=1S/C26H45BO4Si/c1-10-17-28-19-23(21(3)27-30-25(4,5)26(6,7)31-27)24(20-29-18-11-2)32(8,9)22-15-13-12-14-16-22/h12-16,23-24H,3,10-11,17-20H2,1-2,4-9H3/t23-,24-/m0/s1. The van der Waals surface area contributed by atoms with Crippen LogP contribution >= 0.6 is 0 Å². The van der Waals surface area contributed by atoms with Crippen molar-refractivity contribution in [2.24, 2.45) is 5.92 Å². The molecule has 1 aliphatic heterocycles. The van der Waals surface area contributed by atoms with Crippen molar-refractivity contribution in [1.82, 2.24) is 0 Å². The first-order chi connectivity index (χ1) is 15.0. The molecule has 1 fully saturated rings. The summed E-state index contributed by atoms with van der Waals surface area (Å²) in [7, 11) is -2.38. The molecule has 0 radical (unpaired) electrons. The van der Waals surface area contributed by atoms with Crippen molar-refractivity contribution in [1.29, 1.82) is 0 Å². The van der Waals surface area contributed by atoms with Gasteiger partial charge in [0.05, 0.1) is 25.9 Å². The summed E-state index contributed by atoms with van der Waals surface area (Å²) in [4.78, 5) is 0. The zero-order valence-electron chi connectivity index (χ0n) is 21.7. The van der Waals surface area contributed by atoms with Gasteiger partial charge >= 0.3 is 7.12 Å². The van der Waals surface area contributed by atoms with Crippen molar-refractivity contribution in [3.05, 3.63) is 42.4 Å². The molecule has 0 aromatic heterocycles. The molecule has 1 aliphatic rings. The fourth-order valence-corrected chi connectivity index (χ4v) is 7.60. The third-order valence-corrected chi connectivity index (χ3v) is 11.5. The van der Waals surface area contributed by atoms with Crippen molar-refractivity contribution >= 4 is 20.4 Å². The molecular weight excluding hydrogens is 415 g/mol. The molecule has 2 atom stereocenters. The van der Waals surface area contributed by atoms with E-state index >= 15 is 0 Å². The van der Waals surface area contributed by atoms with Crippen LogP contribution in [0.1, 0.15) is 54.4 Å². The smallest absolute Gasteiger partial charge is 0.400 e. The lowest BCUT2D eigenvalue weighted by atomic mass is 9.71. The van der Waals surface area contributed by atoms with Crippen LogP contribution in [-0.2, 0) is 18.8 Å². The van der Waals surface area contributed by atoms with Gasteiger partial charge in [0.25, 0.3) is 0 Å². The first kappa shape index (κ1) is 27.3. The lowest BCUT2D eigenvalue weighted by Crippen LogP contribution is -2.52. The van der Waals surface area contributed by atoms with Crippen LogP contribution in [0.25, 0.3) is 0 Å². The molecule has 0 aliphatic carbocycles. The fraction of sp³-hybridized carbons (Fsp3) is 0.692. The molecule has 4 nitrogen and oxygen atoms in total. The van der Waals surface area contributed by atoms with E-state index in [2.05, 4.69) is 91.5 Å². The molecule has 0 saturated carbocycles. The van der Waals surface area contributed by atoms with Gasteiger partial charge in [-0.25, -0.2) is 0 Å². The molecule has 32 heavy (non-hydrogen) atoms. The van der Waals surface area contributed by atoms with Crippen LogP contribution in [-0.4, -0.2) is 52.8 Å². The van der Waals surface area contributed by atoms with Gasteiger partial charge in [0.15, 0.2) is 0 Å². The highest BCUT2D eigenvalue weighted by Gasteiger charge is 2.54. The predicted octanol–water partition coefficient (Wildman–Crippen LogP) is 5.63. The van der Waals surface area contributed by atoms with Gasteiger partial charge in [-0.3, -0.25) is 0 Å². The maximum atomic E-state index is 6.40. The molecule has 180 valence electrons. The first-order valence-electron chi connectivity index (χ1n) is 12.2. The van der Waals surface area contributed by atoms with E-state index in [1.807, 2.05) is 0 Å². The first-order valence-corrected chi connectivity index (χ1v) is 15.3. The molecule has 1 aromatic rings. The van der Waals surface area contributed by atoms with E-state index in [1.165, 1.54) is 5.19 Å². The molecule has 0 spiro atoms. The lowest BCUT2D eigenvalue weighted by Gasteiger charge is -2.40. The molecule has 1 saturated heterocycles. The Kier molecular flexibility index (Phi) is 9.80. The Balaban J connectivity index is 2.40. The molecule has 1 heterocycles. The lowest BCUT2D eigenvalue weighted by molar-refractivity contribution is 0.00578. The van der Waals surface area contributed by atoms with Crippen molar-refractivity contribution in [3.63, 3.8) is 0 Å². The number of hydrogen-bond donors (Lipinski definition) is 0. The Morgan fingerprint density at radius 1 is 0.938 bits per heavy atom. The average molecular weight is 461 g/mol. The van der Waals surface area contributed by atoms with Crippen LogP contribution in [0.4, 0.5) is 0 Å². The van der Waals surface area contributed by atoms with E-state index in [4.69, 9.17) is 18.8 Å². The molecule has 6 heteroatoms. The van der Waals surface area contributed by atoms with Crippen LogP contribution in [0.5, 0.6) is 0 Å². The van der Waals surface area contributed by atoms with Crippen LogP contribution in [0.2, 0.25) is 18.6 Å². The molecule has 0 amide bonds. The highest BCUT2D eigenvalue weighted by Crippen LogP contribution is 2.43. The molecular formula is C26H45BO4Si. The second kappa shape index (κ2) is 11.5. The summed E-state index contributed by atoms with van der Waals surface area (Å²) < 4.78 is 25.1. The van der Waals surface area contributed by atoms with Gasteiger partial charge in [-0.05, 0) is 51.6 Å². The van der Waals surface area contributed by atoms with Crippen molar-refractivity contribution in [2.75, 3.05) is 26.4 Å². The Labute approximate surface area is 198 Å². The quantitative estimate of drug-likeness (QED) is 0.282. The molecule has 0 unspecified atom stereocenters. The van der Waals surface area contributed by atoms with E-state index in [9.17, 15) is 0 Å². The van der Waals surface area contributed by atoms with E-state index in [-0.39, 0.29) is 5.92 Å². The van der Waals surface area contributed by atoms with Crippen molar-refractivity contribution in [2.45, 2.75) is 84.2 Å². The van der Waals surface area contributed by atoms with Crippen LogP contribution in [0.15, 0.2) is 42.4 Å². The topological polar surface area (TPSA) is 36.9 Å². The second-order valence-corrected chi connectivity index (χ2v) is 15.4. The van der Waals surface area contributed by atoms with Gasteiger partial charge in [-0.1, -0.05) is 62.5 Å². The van der Waals surface area contributed by atoms with Crippen LogP contribution in [0, 0.1) is 5.92 Å². The van der Waals surface area contributed by atoms with Gasteiger partial charge in [0, 0.05) is 25.7 Å². The number of ether oxygens (including phenoxy) is 2. The third-order valence-electron chi connectivity index (χ3n) is 7.25. The third kappa shape index (κ3) is 6.35. The number of rotatable bonds is 13. The second-order valence-electron chi connectivity index (χ2n) is 10.6. The Morgan fingerprint density at radius 3 is 1.94 bits per heavy atom. The normalized spacial score (nSPS) is 19.7. The van der Waals surface area contributed by atoms with Crippen LogP contribution < -0.4 is 5.19 Å². The van der Waals surface area contributed by atoms with E-state index in [1.54, 1.807) is 0 Å². The summed E-state index contributed by atoms with van der Waals surface area (Å²) in [5.41, 5.74) is 0.479. The van der Waals surface area contributed by atoms with Crippen molar-refractivity contribution < 1.29 is 18.8 Å². The molecule has 0 N–H and O–H groups in total. The highest BCUT2D eigenvalue weighted by molar-refractivity contribution is 6.91. The Hall–Kier alpha value is -0.918. The van der Waals surface area contributed by atoms with E-state index < -0.39 is 26.4 Å².